The highest BCUT2D eigenvalue weighted by Crippen LogP contribution is 2.12. The van der Waals surface area contributed by atoms with Crippen LogP contribution in [-0.4, -0.2) is 48.3 Å². The van der Waals surface area contributed by atoms with Crippen LogP contribution in [-0.2, 0) is 6.42 Å². The number of hydrogen-bond acceptors (Lipinski definition) is 8. The zero-order valence-electron chi connectivity index (χ0n) is 14.6. The largest absolute Gasteiger partial charge is 0.368 e. The molecule has 3 aromatic rings. The second-order valence-corrected chi connectivity index (χ2v) is 6.40. The molecule has 3 heterocycles. The van der Waals surface area contributed by atoms with Crippen molar-refractivity contribution in [1.29, 1.82) is 0 Å². The van der Waals surface area contributed by atoms with Gasteiger partial charge in [0, 0.05) is 25.4 Å². The molecule has 10 heteroatoms. The molecule has 0 fully saturated rings. The van der Waals surface area contributed by atoms with Crippen molar-refractivity contribution in [1.82, 2.24) is 34.7 Å². The summed E-state index contributed by atoms with van der Waals surface area (Å²) in [4.78, 5) is 21.2. The van der Waals surface area contributed by atoms with E-state index < -0.39 is 0 Å². The number of carbonyl (C=O) groups excluding carboxylic acids is 1. The Morgan fingerprint density at radius 3 is 2.96 bits per heavy atom. The smallest absolute Gasteiger partial charge is 0.265 e. The molecule has 0 bridgehead atoms. The number of rotatable bonds is 8. The van der Waals surface area contributed by atoms with Crippen LogP contribution in [0.1, 0.15) is 34.4 Å². The summed E-state index contributed by atoms with van der Waals surface area (Å²) in [5.41, 5.74) is 1.68. The molecule has 136 valence electrons. The predicted octanol–water partition coefficient (Wildman–Crippen LogP) is 1.62. The molecule has 0 unspecified atom stereocenters. The van der Waals surface area contributed by atoms with Gasteiger partial charge in [0.15, 0.2) is 5.82 Å². The van der Waals surface area contributed by atoms with E-state index in [0.29, 0.717) is 29.6 Å². The zero-order chi connectivity index (χ0) is 18.4. The lowest BCUT2D eigenvalue weighted by molar-refractivity contribution is 0.0958. The van der Waals surface area contributed by atoms with Crippen LogP contribution >= 0.6 is 11.5 Å². The number of nitrogens with zero attached hydrogens (tertiary/aromatic N) is 6. The first-order chi connectivity index (χ1) is 12.7. The highest BCUT2D eigenvalue weighted by Gasteiger charge is 2.14. The van der Waals surface area contributed by atoms with E-state index in [-0.39, 0.29) is 5.91 Å². The maximum atomic E-state index is 12.2. The van der Waals surface area contributed by atoms with E-state index in [1.54, 1.807) is 10.7 Å². The van der Waals surface area contributed by atoms with Crippen molar-refractivity contribution in [3.05, 3.63) is 40.9 Å². The molecule has 9 nitrogen and oxygen atoms in total. The van der Waals surface area contributed by atoms with Crippen molar-refractivity contribution < 1.29 is 4.79 Å². The third kappa shape index (κ3) is 4.39. The van der Waals surface area contributed by atoms with Gasteiger partial charge in [-0.3, -0.25) is 4.79 Å². The van der Waals surface area contributed by atoms with Crippen molar-refractivity contribution in [2.75, 3.05) is 18.4 Å². The first kappa shape index (κ1) is 17.9. The molecule has 3 rings (SSSR count). The predicted molar refractivity (Wildman–Crippen MR) is 98.6 cm³/mol. The fourth-order valence-electron chi connectivity index (χ4n) is 2.34. The Labute approximate surface area is 155 Å². The summed E-state index contributed by atoms with van der Waals surface area (Å²) in [6.45, 7) is 4.97. The van der Waals surface area contributed by atoms with Crippen LogP contribution in [0.4, 0.5) is 5.82 Å². The Morgan fingerprint density at radius 1 is 1.31 bits per heavy atom. The minimum Gasteiger partial charge on any atom is -0.368 e. The number of carbonyl (C=O) groups is 1. The first-order valence-corrected chi connectivity index (χ1v) is 9.12. The van der Waals surface area contributed by atoms with Gasteiger partial charge < -0.3 is 10.6 Å². The minimum absolute atomic E-state index is 0.138. The van der Waals surface area contributed by atoms with Gasteiger partial charge in [0.05, 0.1) is 11.4 Å². The minimum atomic E-state index is -0.138. The van der Waals surface area contributed by atoms with Crippen molar-refractivity contribution in [3.63, 3.8) is 0 Å². The third-order valence-corrected chi connectivity index (χ3v) is 4.34. The van der Waals surface area contributed by atoms with E-state index in [2.05, 4.69) is 35.3 Å². The molecular weight excluding hydrogens is 352 g/mol. The molecule has 0 saturated carbocycles. The molecule has 0 radical (unpaired) electrons. The maximum Gasteiger partial charge on any atom is 0.265 e. The van der Waals surface area contributed by atoms with Crippen LogP contribution in [0.25, 0.3) is 5.82 Å². The van der Waals surface area contributed by atoms with E-state index in [9.17, 15) is 4.79 Å². The van der Waals surface area contributed by atoms with E-state index in [1.807, 2.05) is 26.1 Å². The van der Waals surface area contributed by atoms with Gasteiger partial charge in [-0.2, -0.15) is 5.10 Å². The maximum absolute atomic E-state index is 12.2. The summed E-state index contributed by atoms with van der Waals surface area (Å²) in [7, 11) is 0. The molecule has 0 aliphatic heterocycles. The normalized spacial score (nSPS) is 10.7. The highest BCUT2D eigenvalue weighted by molar-refractivity contribution is 7.08. The molecular formula is C16H20N8OS. The zero-order valence-corrected chi connectivity index (χ0v) is 15.5. The summed E-state index contributed by atoms with van der Waals surface area (Å²) in [5, 5.41) is 14.4. The topological polar surface area (TPSA) is 111 Å². The molecule has 0 spiro atoms. The van der Waals surface area contributed by atoms with Gasteiger partial charge >= 0.3 is 0 Å². The Balaban J connectivity index is 1.51. The highest BCUT2D eigenvalue weighted by atomic mass is 32.1. The number of aromatic nitrogens is 6. The van der Waals surface area contributed by atoms with Crippen molar-refractivity contribution in [3.8, 4) is 5.82 Å². The number of amides is 1. The van der Waals surface area contributed by atoms with E-state index in [4.69, 9.17) is 0 Å². The van der Waals surface area contributed by atoms with Crippen LogP contribution < -0.4 is 10.6 Å². The van der Waals surface area contributed by atoms with Gasteiger partial charge in [-0.25, -0.2) is 14.6 Å². The lowest BCUT2D eigenvalue weighted by Gasteiger charge is -2.08. The molecule has 26 heavy (non-hydrogen) atoms. The standard InChI is InChI=1S/C16H20N8OS/c1-3-4-12-15(26-23-21-12)16(25)18-7-6-17-13-9-14(20-10-19-13)24-8-5-11(2)22-24/h5,8-10H,3-4,6-7H2,1-2H3,(H,18,25)(H,17,19,20). The molecule has 3 aromatic heterocycles. The summed E-state index contributed by atoms with van der Waals surface area (Å²) in [6, 6.07) is 3.71. The summed E-state index contributed by atoms with van der Waals surface area (Å²) in [6.07, 6.45) is 5.01. The number of aryl methyl sites for hydroxylation is 2. The molecule has 0 aromatic carbocycles. The second-order valence-electron chi connectivity index (χ2n) is 5.64. The van der Waals surface area contributed by atoms with Crippen LogP contribution in [0, 0.1) is 6.92 Å². The van der Waals surface area contributed by atoms with Gasteiger partial charge in [-0.15, -0.1) is 5.10 Å². The van der Waals surface area contributed by atoms with E-state index in [0.717, 1.165) is 35.8 Å². The van der Waals surface area contributed by atoms with Crippen molar-refractivity contribution in [2.24, 2.45) is 0 Å². The lowest BCUT2D eigenvalue weighted by atomic mass is 10.2. The van der Waals surface area contributed by atoms with Crippen molar-refractivity contribution in [2.45, 2.75) is 26.7 Å². The SMILES string of the molecule is CCCc1nnsc1C(=O)NCCNc1cc(-n2ccc(C)n2)ncn1. The van der Waals surface area contributed by atoms with E-state index in [1.165, 1.54) is 6.33 Å². The van der Waals surface area contributed by atoms with Crippen LogP contribution in [0.2, 0.25) is 0 Å². The Kier molecular flexibility index (Phi) is 5.84. The quantitative estimate of drug-likeness (QED) is 0.578. The summed E-state index contributed by atoms with van der Waals surface area (Å²) >= 11 is 1.13. The fourth-order valence-corrected chi connectivity index (χ4v) is 2.96. The molecule has 0 saturated heterocycles. The Bertz CT molecular complexity index is 875. The molecule has 0 aliphatic carbocycles. The van der Waals surface area contributed by atoms with Crippen LogP contribution in [0.15, 0.2) is 24.7 Å². The van der Waals surface area contributed by atoms with Gasteiger partial charge in [0.1, 0.15) is 17.0 Å². The number of hydrogen-bond donors (Lipinski definition) is 2. The third-order valence-electron chi connectivity index (χ3n) is 3.58. The van der Waals surface area contributed by atoms with Gasteiger partial charge in [-0.1, -0.05) is 17.8 Å². The monoisotopic (exact) mass is 372 g/mol. The fraction of sp³-hybridized carbons (Fsp3) is 0.375. The molecule has 2 N–H and O–H groups in total. The van der Waals surface area contributed by atoms with Crippen LogP contribution in [0.3, 0.4) is 0 Å². The Hall–Kier alpha value is -2.88. The van der Waals surface area contributed by atoms with Crippen LogP contribution in [0.5, 0.6) is 0 Å². The van der Waals surface area contributed by atoms with Gasteiger partial charge in [0.2, 0.25) is 0 Å². The van der Waals surface area contributed by atoms with Gasteiger partial charge in [-0.05, 0) is 30.9 Å². The molecule has 0 atom stereocenters. The second kappa shape index (κ2) is 8.48. The van der Waals surface area contributed by atoms with Crippen molar-refractivity contribution >= 4 is 23.3 Å². The molecule has 1 amide bonds. The average molecular weight is 372 g/mol. The molecule has 0 aliphatic rings. The first-order valence-electron chi connectivity index (χ1n) is 8.35. The van der Waals surface area contributed by atoms with E-state index >= 15 is 0 Å². The number of nitrogens with one attached hydrogen (secondary N) is 2. The average Bonchev–Trinajstić information content (AvgIpc) is 3.28. The van der Waals surface area contributed by atoms with Gasteiger partial charge in [0.25, 0.3) is 5.91 Å². The summed E-state index contributed by atoms with van der Waals surface area (Å²) < 4.78 is 5.56. The number of anilines is 1. The lowest BCUT2D eigenvalue weighted by Crippen LogP contribution is -2.29. The Morgan fingerprint density at radius 2 is 2.19 bits per heavy atom. The summed E-state index contributed by atoms with van der Waals surface area (Å²) in [5.74, 6) is 1.21.